The lowest BCUT2D eigenvalue weighted by molar-refractivity contribution is -0.116. The van der Waals surface area contributed by atoms with Crippen LogP contribution in [-0.4, -0.2) is 60.6 Å². The summed E-state index contributed by atoms with van der Waals surface area (Å²) in [5, 5.41) is 2.75. The Balaban J connectivity index is 1.86. The number of anilines is 1. The molecule has 1 aromatic carbocycles. The Morgan fingerprint density at radius 1 is 1.32 bits per heavy atom. The SMILES string of the molecule is CC(C)Oc1ccc(S(=O)(=O)N2CCOCC2)cc1NC(=O)Cn1ccnc1. The quantitative estimate of drug-likeness (QED) is 0.741. The summed E-state index contributed by atoms with van der Waals surface area (Å²) >= 11 is 0. The molecule has 1 N–H and O–H groups in total. The molecule has 1 aliphatic rings. The molecule has 10 heteroatoms. The third kappa shape index (κ3) is 4.89. The van der Waals surface area contributed by atoms with Gasteiger partial charge in [-0.25, -0.2) is 13.4 Å². The fourth-order valence-corrected chi connectivity index (χ4v) is 4.23. The Hall–Kier alpha value is -2.43. The molecule has 152 valence electrons. The fraction of sp³-hybridized carbons (Fsp3) is 0.444. The highest BCUT2D eigenvalue weighted by Crippen LogP contribution is 2.30. The largest absolute Gasteiger partial charge is 0.489 e. The van der Waals surface area contributed by atoms with E-state index in [1.54, 1.807) is 23.0 Å². The lowest BCUT2D eigenvalue weighted by Gasteiger charge is -2.26. The number of nitrogens with zero attached hydrogens (tertiary/aromatic N) is 3. The van der Waals surface area contributed by atoms with E-state index in [0.29, 0.717) is 37.7 Å². The van der Waals surface area contributed by atoms with Crippen LogP contribution in [-0.2, 0) is 26.1 Å². The van der Waals surface area contributed by atoms with Gasteiger partial charge in [0.05, 0.1) is 36.2 Å². The summed E-state index contributed by atoms with van der Waals surface area (Å²) in [5.41, 5.74) is 0.313. The summed E-state index contributed by atoms with van der Waals surface area (Å²) in [6.07, 6.45) is 4.65. The molecule has 0 spiro atoms. The highest BCUT2D eigenvalue weighted by molar-refractivity contribution is 7.89. The second kappa shape index (κ2) is 8.72. The molecule has 0 atom stereocenters. The number of hydrogen-bond acceptors (Lipinski definition) is 6. The summed E-state index contributed by atoms with van der Waals surface area (Å²) in [4.78, 5) is 16.4. The van der Waals surface area contributed by atoms with E-state index in [9.17, 15) is 13.2 Å². The van der Waals surface area contributed by atoms with E-state index in [0.717, 1.165) is 0 Å². The number of ether oxygens (including phenoxy) is 2. The van der Waals surface area contributed by atoms with Crippen molar-refractivity contribution in [1.82, 2.24) is 13.9 Å². The summed E-state index contributed by atoms with van der Waals surface area (Å²) in [6.45, 7) is 5.10. The first-order chi connectivity index (χ1) is 13.4. The second-order valence-electron chi connectivity index (χ2n) is 6.62. The van der Waals surface area contributed by atoms with E-state index in [1.165, 1.54) is 22.8 Å². The van der Waals surface area contributed by atoms with Crippen LogP contribution in [0.2, 0.25) is 0 Å². The zero-order valence-electron chi connectivity index (χ0n) is 15.9. The van der Waals surface area contributed by atoms with Crippen molar-refractivity contribution in [2.45, 2.75) is 31.4 Å². The van der Waals surface area contributed by atoms with E-state index < -0.39 is 10.0 Å². The second-order valence-corrected chi connectivity index (χ2v) is 8.56. The zero-order valence-corrected chi connectivity index (χ0v) is 16.7. The highest BCUT2D eigenvalue weighted by atomic mass is 32.2. The Bertz CT molecular complexity index is 906. The van der Waals surface area contributed by atoms with Gasteiger partial charge in [-0.15, -0.1) is 0 Å². The van der Waals surface area contributed by atoms with Gasteiger partial charge >= 0.3 is 0 Å². The summed E-state index contributed by atoms with van der Waals surface area (Å²) in [6, 6.07) is 4.50. The number of sulfonamides is 1. The van der Waals surface area contributed by atoms with Gasteiger partial charge in [0.2, 0.25) is 15.9 Å². The van der Waals surface area contributed by atoms with Gasteiger partial charge in [-0.05, 0) is 32.0 Å². The molecule has 0 aliphatic carbocycles. The standard InChI is InChI=1S/C18H24N4O5S/c1-14(2)27-17-4-3-15(28(24,25)22-7-9-26-10-8-22)11-16(17)20-18(23)12-21-6-5-19-13-21/h3-6,11,13-14H,7-10,12H2,1-2H3,(H,20,23). The Kier molecular flexibility index (Phi) is 6.32. The number of morpholine rings is 1. The van der Waals surface area contributed by atoms with E-state index >= 15 is 0 Å². The molecule has 1 aromatic heterocycles. The predicted octanol–water partition coefficient (Wildman–Crippen LogP) is 1.33. The molecule has 0 radical (unpaired) electrons. The van der Waals surface area contributed by atoms with Crippen LogP contribution >= 0.6 is 0 Å². The van der Waals surface area contributed by atoms with Crippen LogP contribution in [0, 0.1) is 0 Å². The number of imidazole rings is 1. The Morgan fingerprint density at radius 2 is 2.07 bits per heavy atom. The number of hydrogen-bond donors (Lipinski definition) is 1. The minimum Gasteiger partial charge on any atom is -0.489 e. The first kappa shape index (κ1) is 20.3. The number of benzene rings is 1. The van der Waals surface area contributed by atoms with E-state index in [4.69, 9.17) is 9.47 Å². The number of aromatic nitrogens is 2. The van der Waals surface area contributed by atoms with Gasteiger partial charge in [0.25, 0.3) is 0 Å². The number of rotatable bonds is 7. The van der Waals surface area contributed by atoms with Crippen molar-refractivity contribution in [3.05, 3.63) is 36.9 Å². The molecule has 0 saturated carbocycles. The third-order valence-corrected chi connectivity index (χ3v) is 5.98. The van der Waals surface area contributed by atoms with Crippen LogP contribution < -0.4 is 10.1 Å². The van der Waals surface area contributed by atoms with Gasteiger partial charge in [-0.1, -0.05) is 0 Å². The van der Waals surface area contributed by atoms with Gasteiger partial charge < -0.3 is 19.4 Å². The van der Waals surface area contributed by atoms with E-state index in [1.807, 2.05) is 13.8 Å². The molecule has 0 unspecified atom stereocenters. The molecular weight excluding hydrogens is 384 g/mol. The lowest BCUT2D eigenvalue weighted by atomic mass is 10.2. The number of carbonyl (C=O) groups is 1. The normalized spacial score (nSPS) is 15.5. The van der Waals surface area contributed by atoms with Crippen LogP contribution in [0.15, 0.2) is 41.8 Å². The number of amides is 1. The maximum atomic E-state index is 12.9. The molecule has 1 fully saturated rings. The average Bonchev–Trinajstić information content (AvgIpc) is 3.16. The number of nitrogens with one attached hydrogen (secondary N) is 1. The van der Waals surface area contributed by atoms with Crippen molar-refractivity contribution < 1.29 is 22.7 Å². The van der Waals surface area contributed by atoms with Crippen LogP contribution in [0.1, 0.15) is 13.8 Å². The van der Waals surface area contributed by atoms with Crippen LogP contribution in [0.3, 0.4) is 0 Å². The summed E-state index contributed by atoms with van der Waals surface area (Å²) < 4.78 is 39.8. The van der Waals surface area contributed by atoms with Gasteiger partial charge in [-0.3, -0.25) is 4.79 Å². The molecule has 1 saturated heterocycles. The van der Waals surface area contributed by atoms with Crippen LogP contribution in [0.4, 0.5) is 5.69 Å². The van der Waals surface area contributed by atoms with Gasteiger partial charge in [0, 0.05) is 25.5 Å². The minimum atomic E-state index is -3.68. The van der Waals surface area contributed by atoms with Crippen LogP contribution in [0.25, 0.3) is 0 Å². The van der Waals surface area contributed by atoms with E-state index in [-0.39, 0.29) is 23.5 Å². The van der Waals surface area contributed by atoms with Crippen molar-refractivity contribution in [1.29, 1.82) is 0 Å². The zero-order chi connectivity index (χ0) is 20.1. The molecule has 1 amide bonds. The van der Waals surface area contributed by atoms with Gasteiger partial charge in [-0.2, -0.15) is 4.31 Å². The summed E-state index contributed by atoms with van der Waals surface area (Å²) in [7, 11) is -3.68. The van der Waals surface area contributed by atoms with Crippen molar-refractivity contribution in [3.63, 3.8) is 0 Å². The maximum absolute atomic E-state index is 12.9. The molecule has 28 heavy (non-hydrogen) atoms. The molecule has 2 heterocycles. The Morgan fingerprint density at radius 3 is 2.71 bits per heavy atom. The fourth-order valence-electron chi connectivity index (χ4n) is 2.80. The van der Waals surface area contributed by atoms with Crippen LogP contribution in [0.5, 0.6) is 5.75 Å². The third-order valence-electron chi connectivity index (χ3n) is 4.08. The number of carbonyl (C=O) groups excluding carboxylic acids is 1. The molecule has 3 rings (SSSR count). The monoisotopic (exact) mass is 408 g/mol. The van der Waals surface area contributed by atoms with Crippen molar-refractivity contribution in [3.8, 4) is 5.75 Å². The first-order valence-electron chi connectivity index (χ1n) is 9.00. The molecule has 1 aliphatic heterocycles. The average molecular weight is 408 g/mol. The lowest BCUT2D eigenvalue weighted by Crippen LogP contribution is -2.40. The van der Waals surface area contributed by atoms with Crippen molar-refractivity contribution in [2.75, 3.05) is 31.6 Å². The smallest absolute Gasteiger partial charge is 0.244 e. The van der Waals surface area contributed by atoms with E-state index in [2.05, 4.69) is 10.3 Å². The molecule has 2 aromatic rings. The predicted molar refractivity (Wildman–Crippen MR) is 103 cm³/mol. The topological polar surface area (TPSA) is 103 Å². The van der Waals surface area contributed by atoms with Gasteiger partial charge in [0.15, 0.2) is 0 Å². The Labute approximate surface area is 164 Å². The minimum absolute atomic E-state index is 0.0571. The molecular formula is C18H24N4O5S. The van der Waals surface area contributed by atoms with Gasteiger partial charge in [0.1, 0.15) is 12.3 Å². The maximum Gasteiger partial charge on any atom is 0.244 e. The molecule has 0 bridgehead atoms. The first-order valence-corrected chi connectivity index (χ1v) is 10.4. The highest BCUT2D eigenvalue weighted by Gasteiger charge is 2.27. The van der Waals surface area contributed by atoms with Crippen molar-refractivity contribution in [2.24, 2.45) is 0 Å². The van der Waals surface area contributed by atoms with Crippen molar-refractivity contribution >= 4 is 21.6 Å². The molecule has 9 nitrogen and oxygen atoms in total. The summed E-state index contributed by atoms with van der Waals surface area (Å²) in [5.74, 6) is 0.0995.